The first kappa shape index (κ1) is 15.9. The maximum atomic E-state index is 14.3. The molecule has 0 bridgehead atoms. The Bertz CT molecular complexity index is 892. The Hall–Kier alpha value is -2.97. The Morgan fingerprint density at radius 1 is 1.17 bits per heavy atom. The van der Waals surface area contributed by atoms with E-state index in [1.807, 2.05) is 31.2 Å². The molecule has 0 saturated heterocycles. The van der Waals surface area contributed by atoms with Crippen LogP contribution in [-0.4, -0.2) is 9.55 Å². The summed E-state index contributed by atoms with van der Waals surface area (Å²) in [6.07, 6.45) is 3.40. The summed E-state index contributed by atoms with van der Waals surface area (Å²) in [6, 6.07) is 14.8. The Balaban J connectivity index is 1.65. The van der Waals surface area contributed by atoms with E-state index in [-0.39, 0.29) is 5.82 Å². The molecule has 0 radical (unpaired) electrons. The number of halogens is 1. The highest BCUT2D eigenvalue weighted by atomic mass is 19.1. The minimum absolute atomic E-state index is 0.276. The van der Waals surface area contributed by atoms with E-state index >= 15 is 0 Å². The van der Waals surface area contributed by atoms with Crippen LogP contribution >= 0.6 is 0 Å². The van der Waals surface area contributed by atoms with Crippen LogP contribution < -0.4 is 5.32 Å². The van der Waals surface area contributed by atoms with Crippen molar-refractivity contribution in [1.82, 2.24) is 14.9 Å². The number of nitrogens with one attached hydrogen (secondary N) is 1. The molecular weight excluding hydrogens is 303 g/mol. The Morgan fingerprint density at radius 3 is 2.62 bits per heavy atom. The molecule has 0 unspecified atom stereocenters. The largest absolute Gasteiger partial charge is 0.309 e. The summed E-state index contributed by atoms with van der Waals surface area (Å²) in [5, 5.41) is 12.2. The quantitative estimate of drug-likeness (QED) is 0.783. The van der Waals surface area contributed by atoms with Gasteiger partial charge in [0.05, 0.1) is 17.3 Å². The van der Waals surface area contributed by atoms with Crippen LogP contribution in [-0.2, 0) is 13.1 Å². The smallest absolute Gasteiger partial charge is 0.147 e. The molecule has 0 aliphatic carbocycles. The van der Waals surface area contributed by atoms with Crippen LogP contribution in [0.25, 0.3) is 5.69 Å². The minimum atomic E-state index is -0.276. The summed E-state index contributed by atoms with van der Waals surface area (Å²) in [5.41, 5.74) is 3.03. The average molecular weight is 320 g/mol. The Kier molecular flexibility index (Phi) is 4.69. The summed E-state index contributed by atoms with van der Waals surface area (Å²) in [4.78, 5) is 4.11. The fourth-order valence-corrected chi connectivity index (χ4v) is 2.59. The third kappa shape index (κ3) is 3.50. The number of benzene rings is 2. The molecule has 24 heavy (non-hydrogen) atoms. The average Bonchev–Trinajstić information content (AvgIpc) is 3.01. The highest BCUT2D eigenvalue weighted by Gasteiger charge is 2.07. The van der Waals surface area contributed by atoms with Crippen LogP contribution in [0.5, 0.6) is 0 Å². The third-order valence-electron chi connectivity index (χ3n) is 3.81. The maximum Gasteiger partial charge on any atom is 0.147 e. The molecule has 2 aromatic carbocycles. The predicted octanol–water partition coefficient (Wildman–Crippen LogP) is 3.48. The topological polar surface area (TPSA) is 53.6 Å². The summed E-state index contributed by atoms with van der Waals surface area (Å²) in [7, 11) is 0. The van der Waals surface area contributed by atoms with Gasteiger partial charge < -0.3 is 9.88 Å². The molecule has 0 amide bonds. The zero-order chi connectivity index (χ0) is 16.9. The van der Waals surface area contributed by atoms with Gasteiger partial charge >= 0.3 is 0 Å². The van der Waals surface area contributed by atoms with E-state index in [0.29, 0.717) is 24.3 Å². The fraction of sp³-hybridized carbons (Fsp3) is 0.158. The molecule has 0 fully saturated rings. The highest BCUT2D eigenvalue weighted by molar-refractivity contribution is 5.38. The Labute approximate surface area is 140 Å². The standard InChI is InChI=1S/C19H17FN4/c1-14-23-7-8-24(14)19-6-5-17(10-18(19)20)13-22-12-16-4-2-3-15(9-16)11-21/h2-10,22H,12-13H2,1H3. The van der Waals surface area contributed by atoms with Crippen LogP contribution in [0, 0.1) is 24.1 Å². The molecule has 1 heterocycles. The monoisotopic (exact) mass is 320 g/mol. The van der Waals surface area contributed by atoms with Gasteiger partial charge in [0.25, 0.3) is 0 Å². The van der Waals surface area contributed by atoms with Crippen molar-refractivity contribution >= 4 is 0 Å². The second kappa shape index (κ2) is 7.07. The van der Waals surface area contributed by atoms with E-state index in [4.69, 9.17) is 5.26 Å². The van der Waals surface area contributed by atoms with Gasteiger partial charge in [-0.1, -0.05) is 18.2 Å². The van der Waals surface area contributed by atoms with Crippen LogP contribution in [0.15, 0.2) is 54.9 Å². The second-order valence-electron chi connectivity index (χ2n) is 5.55. The van der Waals surface area contributed by atoms with Crippen molar-refractivity contribution in [3.05, 3.63) is 83.2 Å². The molecule has 0 aliphatic rings. The number of aryl methyl sites for hydroxylation is 1. The molecule has 1 aromatic heterocycles. The molecule has 0 aliphatic heterocycles. The summed E-state index contributed by atoms with van der Waals surface area (Å²) < 4.78 is 16.1. The molecule has 0 saturated carbocycles. The minimum Gasteiger partial charge on any atom is -0.309 e. The number of nitrogens with zero attached hydrogens (tertiary/aromatic N) is 3. The van der Waals surface area contributed by atoms with Gasteiger partial charge in [0.15, 0.2) is 0 Å². The zero-order valence-corrected chi connectivity index (χ0v) is 13.3. The van der Waals surface area contributed by atoms with Gasteiger partial charge in [-0.15, -0.1) is 0 Å². The number of hydrogen-bond acceptors (Lipinski definition) is 3. The molecule has 0 spiro atoms. The lowest BCUT2D eigenvalue weighted by Gasteiger charge is -2.10. The van der Waals surface area contributed by atoms with E-state index in [1.165, 1.54) is 6.07 Å². The fourth-order valence-electron chi connectivity index (χ4n) is 2.59. The van der Waals surface area contributed by atoms with E-state index in [2.05, 4.69) is 16.4 Å². The highest BCUT2D eigenvalue weighted by Crippen LogP contribution is 2.17. The molecular formula is C19H17FN4. The van der Waals surface area contributed by atoms with Crippen LogP contribution in [0.3, 0.4) is 0 Å². The first-order valence-corrected chi connectivity index (χ1v) is 7.66. The van der Waals surface area contributed by atoms with Crippen molar-refractivity contribution < 1.29 is 4.39 Å². The third-order valence-corrected chi connectivity index (χ3v) is 3.81. The van der Waals surface area contributed by atoms with Gasteiger partial charge in [0, 0.05) is 25.5 Å². The first-order valence-electron chi connectivity index (χ1n) is 7.66. The van der Waals surface area contributed by atoms with Crippen LogP contribution in [0.1, 0.15) is 22.5 Å². The van der Waals surface area contributed by atoms with Gasteiger partial charge in [-0.25, -0.2) is 9.37 Å². The van der Waals surface area contributed by atoms with E-state index < -0.39 is 0 Å². The van der Waals surface area contributed by atoms with Crippen LogP contribution in [0.4, 0.5) is 4.39 Å². The van der Waals surface area contributed by atoms with Crippen molar-refractivity contribution in [2.24, 2.45) is 0 Å². The van der Waals surface area contributed by atoms with Crippen molar-refractivity contribution in [1.29, 1.82) is 5.26 Å². The van der Waals surface area contributed by atoms with Crippen LogP contribution in [0.2, 0.25) is 0 Å². The molecule has 120 valence electrons. The van der Waals surface area contributed by atoms with Gasteiger partial charge in [0.2, 0.25) is 0 Å². The summed E-state index contributed by atoms with van der Waals surface area (Å²) in [5.74, 6) is 0.471. The second-order valence-corrected chi connectivity index (χ2v) is 5.55. The maximum absolute atomic E-state index is 14.3. The molecule has 3 rings (SSSR count). The molecule has 3 aromatic rings. The van der Waals surface area contributed by atoms with E-state index in [9.17, 15) is 4.39 Å². The Morgan fingerprint density at radius 2 is 1.96 bits per heavy atom. The number of imidazole rings is 1. The van der Waals surface area contributed by atoms with Gasteiger partial charge in [-0.3, -0.25) is 0 Å². The predicted molar refractivity (Wildman–Crippen MR) is 90.0 cm³/mol. The van der Waals surface area contributed by atoms with Gasteiger partial charge in [0.1, 0.15) is 11.6 Å². The number of rotatable bonds is 5. The zero-order valence-electron chi connectivity index (χ0n) is 13.3. The molecule has 1 N–H and O–H groups in total. The first-order chi connectivity index (χ1) is 11.7. The number of hydrogen-bond donors (Lipinski definition) is 1. The normalized spacial score (nSPS) is 10.5. The van der Waals surface area contributed by atoms with Crippen molar-refractivity contribution in [3.63, 3.8) is 0 Å². The van der Waals surface area contributed by atoms with Gasteiger partial charge in [-0.2, -0.15) is 5.26 Å². The summed E-state index contributed by atoms with van der Waals surface area (Å²) in [6.45, 7) is 3.01. The number of aromatic nitrogens is 2. The molecule has 0 atom stereocenters. The van der Waals surface area contributed by atoms with Crippen molar-refractivity contribution in [2.75, 3.05) is 0 Å². The lowest BCUT2D eigenvalue weighted by molar-refractivity contribution is 0.609. The molecule has 4 nitrogen and oxygen atoms in total. The van der Waals surface area contributed by atoms with Crippen molar-refractivity contribution in [2.45, 2.75) is 20.0 Å². The lowest BCUT2D eigenvalue weighted by Crippen LogP contribution is -2.13. The SMILES string of the molecule is Cc1nccn1-c1ccc(CNCc2cccc(C#N)c2)cc1F. The van der Waals surface area contributed by atoms with Gasteiger partial charge in [-0.05, 0) is 42.3 Å². The lowest BCUT2D eigenvalue weighted by atomic mass is 10.1. The summed E-state index contributed by atoms with van der Waals surface area (Å²) >= 11 is 0. The molecule has 5 heteroatoms. The van der Waals surface area contributed by atoms with Crippen molar-refractivity contribution in [3.8, 4) is 11.8 Å². The van der Waals surface area contributed by atoms with E-state index in [1.54, 1.807) is 29.1 Å². The van der Waals surface area contributed by atoms with E-state index in [0.717, 1.165) is 17.0 Å². The number of nitriles is 1.